The standard InChI is InChI=1S/C23H30FN3O3.C23H29FN2O4.C23H29FN2O3S.C21H26N2O4.C4H10O2.C2H4BrF.CH4O.H3NO/c1-29-17-6-8-22(9-7-17)13-16-4-5-18(30-14-15-2-3-15)12-19(16)23(22)20(28)27(11-10-24)21(25)26-23;1-29-17-6-8-22(9-7-17)13-16-4-5-18(30-14-15-2-3-15)12-19(16)23(22)20(27)26(11-10-24)21(28)25-23;1-28-17-6-8-22(9-7-17)13-16-4-5-18(29-14-15-2-3-15)12-19(16)23(22)20(27)26(11-10-24)21(30)25-23;1-26-15-6-8-20(9-7-15)11-14-4-5-16(27-12-13-2-3-13)10-17(14)21(20)18(24)22-19(25)23-21;1-4(2,3)6-5;3-1-2-4;2*1-2/h4-5,12,15,17H,2-3,6-11,13-14H2,1H3,(H2,25,26);4-5,12,15,17H,2-3,6-11,13-14H2,1H3,(H,25,28);4-5,12,15,17H,2-3,6-11,13-14H2,1H3,(H,25,30);4-5,10,13,15H,2-3,6-9,11-12H2,1H3,(H2,22,23,24,25);5H,1-3H3;1-2H2;2H,1H3;2H,1H2. The number of imide groups is 2. The topological polar surface area (TPSA) is 368 Å². The van der Waals surface area contributed by atoms with E-state index in [-0.39, 0.29) is 96.6 Å². The minimum Gasteiger partial charge on any atom is -0.493 e. The lowest BCUT2D eigenvalue weighted by molar-refractivity contribution is -0.306. The fourth-order valence-corrected chi connectivity index (χ4v) is 23.0. The van der Waals surface area contributed by atoms with Gasteiger partial charge in [-0.05, 0) is 329 Å². The largest absolute Gasteiger partial charge is 0.493 e. The number of nitrogens with one attached hydrogen (secondary N) is 4. The van der Waals surface area contributed by atoms with Gasteiger partial charge in [-0.2, -0.15) is 0 Å². The van der Waals surface area contributed by atoms with Crippen molar-refractivity contribution in [1.82, 2.24) is 36.0 Å². The third-order valence-electron chi connectivity index (χ3n) is 30.3. The van der Waals surface area contributed by atoms with Crippen LogP contribution >= 0.6 is 28.1 Å². The van der Waals surface area contributed by atoms with E-state index in [0.29, 0.717) is 47.3 Å². The number of ether oxygens (including phenoxy) is 8. The Kier molecular flexibility index (Phi) is 32.7. The first kappa shape index (κ1) is 101. The van der Waals surface area contributed by atoms with E-state index in [1.807, 2.05) is 54.6 Å². The molecule has 4 aromatic carbocycles. The predicted octanol–water partition coefficient (Wildman–Crippen LogP) is 14.0. The van der Waals surface area contributed by atoms with E-state index >= 15 is 0 Å². The maximum absolute atomic E-state index is 13.8. The SMILES string of the molecule is CC(C)(C)OO.CO.COC1CCC2(CC1)Cc1ccc(OCC3CC3)cc1C21N=C(N)N(CCF)C1=O.COC1CCC2(CC1)Cc1ccc(OCC3CC3)cc1C21NC(=O)N(CCF)C1=O.COC1CCC2(CC1)Cc1ccc(OCC3CC3)cc1C21NC(=O)NC1=O.COC1CCC2(CC1)Cc1ccc(OCC3CC3)cc1C21NC(=S)N(CCF)C1=O.FCCBr.NO. The van der Waals surface area contributed by atoms with E-state index in [1.54, 1.807) is 49.2 Å². The number of rotatable bonds is 23. The van der Waals surface area contributed by atoms with Crippen molar-refractivity contribution in [2.24, 2.45) is 62.0 Å². The molecule has 16 aliphatic rings. The molecule has 0 aromatic heterocycles. The van der Waals surface area contributed by atoms with Crippen LogP contribution in [0.5, 0.6) is 23.0 Å². The number of guanidine groups is 1. The third-order valence-corrected chi connectivity index (χ3v) is 30.9. The summed E-state index contributed by atoms with van der Waals surface area (Å²) < 4.78 is 96.5. The van der Waals surface area contributed by atoms with Crippen LogP contribution in [-0.2, 0) is 90.9 Å². The number of hydrogen-bond donors (Lipinski definition) is 9. The second-order valence-electron chi connectivity index (χ2n) is 39.1. The van der Waals surface area contributed by atoms with Crippen molar-refractivity contribution >= 4 is 74.9 Å². The molecule has 8 amide bonds. The van der Waals surface area contributed by atoms with Crippen molar-refractivity contribution < 1.29 is 105 Å². The van der Waals surface area contributed by atoms with Gasteiger partial charge < -0.3 is 69.9 Å². The van der Waals surface area contributed by atoms with Crippen LogP contribution in [0.2, 0.25) is 0 Å². The summed E-state index contributed by atoms with van der Waals surface area (Å²) in [5, 5.41) is 34.2. The van der Waals surface area contributed by atoms with Gasteiger partial charge in [-0.25, -0.2) is 38.5 Å². The number of methoxy groups -OCH3 is 4. The van der Waals surface area contributed by atoms with Crippen molar-refractivity contribution in [3.63, 3.8) is 0 Å². The number of alkyl halides is 5. The number of thiocarbonyl (C=S) groups is 1. The molecule has 4 aliphatic heterocycles. The molecule has 722 valence electrons. The Morgan fingerprint density at radius 3 is 1.08 bits per heavy atom. The molecule has 4 heterocycles. The van der Waals surface area contributed by atoms with Gasteiger partial charge in [0.15, 0.2) is 33.2 Å². The van der Waals surface area contributed by atoms with Gasteiger partial charge in [-0.1, -0.05) is 40.2 Å². The normalized spacial score (nSPS) is 30.5. The third kappa shape index (κ3) is 20.0. The Morgan fingerprint density at radius 2 is 0.756 bits per heavy atom. The number of urea groups is 2. The summed E-state index contributed by atoms with van der Waals surface area (Å²) in [7, 11) is 7.96. The lowest BCUT2D eigenvalue weighted by Crippen LogP contribution is -2.56. The molecule has 28 nitrogen and oxygen atoms in total. The highest BCUT2D eigenvalue weighted by atomic mass is 79.9. The molecule has 131 heavy (non-hydrogen) atoms. The average molecular weight is 1920 g/mol. The first-order valence-electron chi connectivity index (χ1n) is 46.7. The molecule has 0 radical (unpaired) electrons. The van der Waals surface area contributed by atoms with Crippen molar-refractivity contribution in [1.29, 1.82) is 0 Å². The fourth-order valence-electron chi connectivity index (χ4n) is 22.6. The lowest BCUT2D eigenvalue weighted by atomic mass is 9.61. The quantitative estimate of drug-likeness (QED) is 0.00831. The number of carbonyl (C=O) groups excluding carboxylic acids is 6. The van der Waals surface area contributed by atoms with E-state index < -0.39 is 65.3 Å². The molecule has 4 unspecified atom stereocenters. The highest BCUT2D eigenvalue weighted by molar-refractivity contribution is 9.09. The van der Waals surface area contributed by atoms with Gasteiger partial charge in [0, 0.05) is 62.5 Å². The first-order valence-corrected chi connectivity index (χ1v) is 48.2. The summed E-state index contributed by atoms with van der Waals surface area (Å²) in [6.07, 6.45) is 27.4. The summed E-state index contributed by atoms with van der Waals surface area (Å²) >= 11 is 8.39. The molecule has 8 spiro atoms. The summed E-state index contributed by atoms with van der Waals surface area (Å²) in [6.45, 7) is 5.62. The van der Waals surface area contributed by atoms with E-state index in [0.717, 1.165) is 221 Å². The van der Waals surface area contributed by atoms with Crippen LogP contribution in [0.3, 0.4) is 0 Å². The fraction of sp³-hybridized carbons (Fsp3) is 0.670. The number of hydrogen-bond acceptors (Lipinski definition) is 22. The smallest absolute Gasteiger partial charge is 0.325 e. The Bertz CT molecular complexity index is 4570. The molecule has 11 fully saturated rings. The second-order valence-corrected chi connectivity index (χ2v) is 40.3. The van der Waals surface area contributed by atoms with Crippen LogP contribution in [0.25, 0.3) is 0 Å². The Morgan fingerprint density at radius 1 is 0.450 bits per heavy atom. The van der Waals surface area contributed by atoms with E-state index in [2.05, 4.69) is 66.2 Å². The number of nitrogens with two attached hydrogens (primary N) is 2. The summed E-state index contributed by atoms with van der Waals surface area (Å²) in [5.41, 5.74) is 8.35. The molecule has 8 saturated carbocycles. The van der Waals surface area contributed by atoms with Crippen molar-refractivity contribution in [2.75, 3.05) is 114 Å². The minimum atomic E-state index is -1.15. The summed E-state index contributed by atoms with van der Waals surface area (Å²) in [5.74, 6) is 8.46. The van der Waals surface area contributed by atoms with Gasteiger partial charge in [0.1, 0.15) is 43.0 Å². The number of amides is 8. The highest BCUT2D eigenvalue weighted by Crippen LogP contribution is 2.66. The Hall–Kier alpha value is -7.90. The number of nitrogens with zero attached hydrogens (tertiary/aromatic N) is 4. The molecule has 4 atom stereocenters. The van der Waals surface area contributed by atoms with Crippen LogP contribution in [0, 0.1) is 45.3 Å². The Labute approximate surface area is 779 Å². The van der Waals surface area contributed by atoms with E-state index in [1.165, 1.54) is 61.2 Å². The molecule has 34 heteroatoms. The predicted molar refractivity (Wildman–Crippen MR) is 490 cm³/mol. The molecule has 20 rings (SSSR count). The van der Waals surface area contributed by atoms with Gasteiger partial charge in [0.05, 0.1) is 82.8 Å². The second kappa shape index (κ2) is 42.6. The zero-order valence-corrected chi connectivity index (χ0v) is 79.4. The van der Waals surface area contributed by atoms with Crippen LogP contribution in [-0.4, -0.2) is 221 Å². The zero-order valence-electron chi connectivity index (χ0n) is 77.0. The highest BCUT2D eigenvalue weighted by Gasteiger charge is 2.72. The van der Waals surface area contributed by atoms with Crippen LogP contribution in [0.1, 0.15) is 219 Å². The molecule has 12 aliphatic carbocycles. The number of carbonyl (C=O) groups is 6. The molecular weight excluding hydrogens is 1780 g/mol. The minimum absolute atomic E-state index is 0.00357. The van der Waals surface area contributed by atoms with Gasteiger partial charge >= 0.3 is 12.1 Å². The zero-order chi connectivity index (χ0) is 94.1. The van der Waals surface area contributed by atoms with Gasteiger partial charge in [-0.3, -0.25) is 48.8 Å². The molecular formula is C97H135BrF4N10O18S. The monoisotopic (exact) mass is 1910 g/mol. The Balaban J connectivity index is 0.000000142. The maximum Gasteiger partial charge on any atom is 0.325 e. The first-order chi connectivity index (χ1) is 63.1. The number of benzene rings is 4. The summed E-state index contributed by atoms with van der Waals surface area (Å²) in [4.78, 5) is 92.0. The number of fused-ring (bicyclic) bond motifs is 12. The van der Waals surface area contributed by atoms with E-state index in [4.69, 9.17) is 76.4 Å². The molecule has 4 aromatic rings. The lowest BCUT2D eigenvalue weighted by Gasteiger charge is -2.46. The summed E-state index contributed by atoms with van der Waals surface area (Å²) in [6, 6.07) is 23.3. The number of aliphatic hydroxyl groups is 1. The van der Waals surface area contributed by atoms with Crippen molar-refractivity contribution in [2.45, 2.75) is 253 Å². The van der Waals surface area contributed by atoms with Crippen molar-refractivity contribution in [3.05, 3.63) is 117 Å². The van der Waals surface area contributed by atoms with Crippen LogP contribution in [0.15, 0.2) is 77.8 Å². The van der Waals surface area contributed by atoms with Gasteiger partial charge in [0.25, 0.3) is 23.6 Å². The van der Waals surface area contributed by atoms with Crippen LogP contribution < -0.4 is 51.8 Å². The molecule has 11 N–H and O–H groups in total. The number of aliphatic imine (C=N–C) groups is 1. The van der Waals surface area contributed by atoms with Crippen LogP contribution in [0.4, 0.5) is 27.2 Å². The van der Waals surface area contributed by atoms with Gasteiger partial charge in [0.2, 0.25) is 0 Å². The number of halogens is 5. The number of aliphatic hydroxyl groups excluding tert-OH is 1. The average Bonchev–Trinajstić information content (AvgIpc) is 1.54. The van der Waals surface area contributed by atoms with Gasteiger partial charge in [-0.15, -0.1) is 0 Å². The molecule has 3 saturated heterocycles. The van der Waals surface area contributed by atoms with Crippen molar-refractivity contribution in [3.8, 4) is 23.0 Å². The maximum atomic E-state index is 13.8. The van der Waals surface area contributed by atoms with E-state index in [9.17, 15) is 46.3 Å². The molecule has 0 bridgehead atoms.